The van der Waals surface area contributed by atoms with Gasteiger partial charge in [0, 0.05) is 13.1 Å². The van der Waals surface area contributed by atoms with Crippen LogP contribution >= 0.6 is 0 Å². The number of carbonyl (C=O) groups excluding carboxylic acids is 2. The van der Waals surface area contributed by atoms with Crippen molar-refractivity contribution in [3.05, 3.63) is 35.9 Å². The molecule has 0 spiro atoms. The van der Waals surface area contributed by atoms with Crippen LogP contribution in [0.15, 0.2) is 30.3 Å². The average molecular weight is 451 g/mol. The Hall–Kier alpha value is -2.86. The smallest absolute Gasteiger partial charge is 0.430 e. The van der Waals surface area contributed by atoms with Crippen LogP contribution in [0.25, 0.3) is 0 Å². The van der Waals surface area contributed by atoms with Crippen molar-refractivity contribution >= 4 is 18.0 Å². The van der Waals surface area contributed by atoms with Crippen molar-refractivity contribution in [2.24, 2.45) is 0 Å². The minimum Gasteiger partial charge on any atom is -0.542 e. The number of ether oxygens (including phenoxy) is 1. The van der Waals surface area contributed by atoms with Gasteiger partial charge in [0.25, 0.3) is 0 Å². The molecule has 1 amide bonds. The highest BCUT2D eigenvalue weighted by Gasteiger charge is 2.28. The Balaban J connectivity index is 0.00000110. The molecule has 0 aromatic heterocycles. The molecule has 12 heteroatoms. The van der Waals surface area contributed by atoms with E-state index in [0.29, 0.717) is 19.6 Å². The van der Waals surface area contributed by atoms with Crippen molar-refractivity contribution in [3.8, 4) is 0 Å². The maximum absolute atomic E-state index is 12.0. The van der Waals surface area contributed by atoms with Crippen molar-refractivity contribution < 1.29 is 47.8 Å². The number of hydrogen-bond donors (Lipinski definition) is 3. The summed E-state index contributed by atoms with van der Waals surface area (Å²) in [5.74, 6) is -3.82. The fourth-order valence-electron chi connectivity index (χ4n) is 2.34. The van der Waals surface area contributed by atoms with E-state index in [4.69, 9.17) is 19.7 Å². The number of alkyl carbamates (subject to hydrolysis) is 1. The minimum atomic E-state index is -5.19. The lowest BCUT2D eigenvalue weighted by Crippen LogP contribution is -2.84. The van der Waals surface area contributed by atoms with Crippen molar-refractivity contribution in [2.75, 3.05) is 33.2 Å². The first kappa shape index (κ1) is 28.1. The summed E-state index contributed by atoms with van der Waals surface area (Å²) < 4.78 is 36.8. The number of nitrogens with one attached hydrogen (secondary N) is 1. The molecular weight excluding hydrogens is 423 g/mol. The Labute approximate surface area is 178 Å². The Bertz CT molecular complexity index is 674. The number of halogens is 3. The molecule has 0 aliphatic heterocycles. The van der Waals surface area contributed by atoms with Gasteiger partial charge < -0.3 is 35.3 Å². The van der Waals surface area contributed by atoms with Crippen molar-refractivity contribution in [1.29, 1.82) is 0 Å². The van der Waals surface area contributed by atoms with Crippen LogP contribution in [0.1, 0.15) is 18.9 Å². The number of quaternary nitrogens is 1. The lowest BCUT2D eigenvalue weighted by molar-refractivity contribution is -0.629. The second kappa shape index (κ2) is 15.0. The highest BCUT2D eigenvalue weighted by atomic mass is 19.4. The van der Waals surface area contributed by atoms with Crippen LogP contribution in [0.3, 0.4) is 0 Å². The van der Waals surface area contributed by atoms with Gasteiger partial charge in [0.05, 0.1) is 26.1 Å². The number of carboxylic acid groups (broad SMARTS) is 2. The first-order valence-corrected chi connectivity index (χ1v) is 9.46. The average Bonchev–Trinajstić information content (AvgIpc) is 2.70. The number of nitrogens with zero attached hydrogens (tertiary/aromatic N) is 1. The first-order chi connectivity index (χ1) is 14.5. The number of rotatable bonds is 11. The number of carbonyl (C=O) groups is 3. The van der Waals surface area contributed by atoms with E-state index in [1.165, 1.54) is 0 Å². The molecule has 0 aliphatic carbocycles. The highest BCUT2D eigenvalue weighted by molar-refractivity contribution is 5.70. The number of amides is 1. The van der Waals surface area contributed by atoms with Crippen LogP contribution in [-0.4, -0.2) is 73.5 Å². The van der Waals surface area contributed by atoms with Gasteiger partial charge >= 0.3 is 18.2 Å². The van der Waals surface area contributed by atoms with Gasteiger partial charge in [-0.1, -0.05) is 37.3 Å². The van der Waals surface area contributed by atoms with Gasteiger partial charge in [0.2, 0.25) is 0 Å². The molecule has 0 heterocycles. The van der Waals surface area contributed by atoms with E-state index in [1.807, 2.05) is 54.5 Å². The standard InChI is InChI=1S/C17H27N3O4.C2HF3O2/c1-3-20(10-9-16(21)22)12-15(11-18-2)19-17(23)24-13-14-7-5-4-6-8-14;3-2(4,5)1(6)7/h4-8,15,18H,3,9-13H2,1-2H3,(H,19,23)(H,21,22);(H,6,7)/t15-;/m1./s1. The number of aliphatic carboxylic acids is 2. The predicted octanol–water partition coefficient (Wildman–Crippen LogP) is -0.430. The lowest BCUT2D eigenvalue weighted by Gasteiger charge is -2.25. The van der Waals surface area contributed by atoms with Gasteiger partial charge in [-0.05, 0) is 12.1 Å². The first-order valence-electron chi connectivity index (χ1n) is 9.46. The maximum Gasteiger partial charge on any atom is 0.430 e. The van der Waals surface area contributed by atoms with E-state index in [9.17, 15) is 22.8 Å². The zero-order chi connectivity index (χ0) is 23.9. The molecule has 0 fully saturated rings. The summed E-state index contributed by atoms with van der Waals surface area (Å²) in [6, 6.07) is 9.39. The van der Waals surface area contributed by atoms with Crippen molar-refractivity contribution in [2.45, 2.75) is 32.2 Å². The SMILES string of the molecule is CCN(CCC(=O)O)C[C@@H](C[NH2+]C)NC(=O)OCc1ccccc1.O=C([O-])C(F)(F)F. The fourth-order valence-corrected chi connectivity index (χ4v) is 2.34. The molecule has 0 bridgehead atoms. The predicted molar refractivity (Wildman–Crippen MR) is 102 cm³/mol. The zero-order valence-electron chi connectivity index (χ0n) is 17.4. The molecule has 0 saturated carbocycles. The van der Waals surface area contributed by atoms with Crippen LogP contribution < -0.4 is 15.7 Å². The zero-order valence-corrected chi connectivity index (χ0v) is 17.4. The van der Waals surface area contributed by atoms with Crippen LogP contribution in [-0.2, 0) is 20.9 Å². The third-order valence-corrected chi connectivity index (χ3v) is 3.85. The Kier molecular flexibility index (Phi) is 13.6. The van der Waals surface area contributed by atoms with Crippen LogP contribution in [0.5, 0.6) is 0 Å². The third-order valence-electron chi connectivity index (χ3n) is 3.85. The Morgan fingerprint density at radius 3 is 2.29 bits per heavy atom. The van der Waals surface area contributed by atoms with Gasteiger partial charge in [-0.15, -0.1) is 0 Å². The van der Waals surface area contributed by atoms with Gasteiger partial charge in [0.15, 0.2) is 0 Å². The second-order valence-corrected chi connectivity index (χ2v) is 6.37. The van der Waals surface area contributed by atoms with Gasteiger partial charge in [-0.3, -0.25) is 4.79 Å². The van der Waals surface area contributed by atoms with Crippen LogP contribution in [0.4, 0.5) is 18.0 Å². The number of hydrogen-bond acceptors (Lipinski definition) is 6. The Morgan fingerprint density at radius 2 is 1.84 bits per heavy atom. The molecule has 9 nitrogen and oxygen atoms in total. The van der Waals surface area contributed by atoms with Crippen LogP contribution in [0.2, 0.25) is 0 Å². The summed E-state index contributed by atoms with van der Waals surface area (Å²) in [5.41, 5.74) is 0.933. The van der Waals surface area contributed by atoms with Gasteiger partial charge in [-0.25, -0.2) is 4.79 Å². The number of likely N-dealkylation sites (N-methyl/N-ethyl adjacent to an activating group) is 2. The molecule has 1 atom stereocenters. The minimum absolute atomic E-state index is 0.0921. The summed E-state index contributed by atoms with van der Waals surface area (Å²) in [4.78, 5) is 33.5. The van der Waals surface area contributed by atoms with E-state index in [1.54, 1.807) is 0 Å². The molecule has 1 aromatic carbocycles. The molecule has 0 saturated heterocycles. The summed E-state index contributed by atoms with van der Waals surface area (Å²) in [5, 5.41) is 22.4. The summed E-state index contributed by atoms with van der Waals surface area (Å²) >= 11 is 0. The van der Waals surface area contributed by atoms with Crippen molar-refractivity contribution in [3.63, 3.8) is 0 Å². The number of benzene rings is 1. The topological polar surface area (TPSA) is 136 Å². The number of nitrogens with two attached hydrogens (primary N) is 1. The van der Waals surface area contributed by atoms with Crippen LogP contribution in [0, 0.1) is 0 Å². The Morgan fingerprint density at radius 1 is 1.26 bits per heavy atom. The van der Waals surface area contributed by atoms with Gasteiger partial charge in [0.1, 0.15) is 12.6 Å². The number of carboxylic acids is 2. The molecule has 1 rings (SSSR count). The van der Waals surface area contributed by atoms with E-state index >= 15 is 0 Å². The quantitative estimate of drug-likeness (QED) is 0.415. The highest BCUT2D eigenvalue weighted by Crippen LogP contribution is 2.11. The molecule has 0 aliphatic rings. The molecule has 1 aromatic rings. The molecule has 0 unspecified atom stereocenters. The normalized spacial score (nSPS) is 11.8. The molecular formula is C19H28F3N3O6. The third kappa shape index (κ3) is 14.7. The fraction of sp³-hybridized carbons (Fsp3) is 0.526. The second-order valence-electron chi connectivity index (χ2n) is 6.37. The maximum atomic E-state index is 12.0. The van der Waals surface area contributed by atoms with E-state index in [0.717, 1.165) is 12.1 Å². The van der Waals surface area contributed by atoms with Crippen molar-refractivity contribution in [1.82, 2.24) is 10.2 Å². The lowest BCUT2D eigenvalue weighted by atomic mass is 10.2. The molecule has 31 heavy (non-hydrogen) atoms. The number of alkyl halides is 3. The van der Waals surface area contributed by atoms with E-state index in [-0.39, 0.29) is 19.1 Å². The molecule has 4 N–H and O–H groups in total. The van der Waals surface area contributed by atoms with E-state index < -0.39 is 24.2 Å². The van der Waals surface area contributed by atoms with Gasteiger partial charge in [-0.2, -0.15) is 13.2 Å². The summed E-state index contributed by atoms with van der Waals surface area (Å²) in [6.45, 7) is 4.69. The largest absolute Gasteiger partial charge is 0.542 e. The summed E-state index contributed by atoms with van der Waals surface area (Å²) in [7, 11) is 1.93. The summed E-state index contributed by atoms with van der Waals surface area (Å²) in [6.07, 6.45) is -5.56. The molecule has 176 valence electrons. The monoisotopic (exact) mass is 451 g/mol. The molecule has 0 radical (unpaired) electrons. The van der Waals surface area contributed by atoms with E-state index in [2.05, 4.69) is 5.32 Å².